The molecule has 78 valence electrons. The van der Waals surface area contributed by atoms with Crippen LogP contribution >= 0.6 is 0 Å². The minimum atomic E-state index is -0.126. The molecule has 1 heterocycles. The number of pyridine rings is 1. The zero-order valence-corrected chi connectivity index (χ0v) is 8.95. The molecule has 0 aromatic carbocycles. The predicted octanol–water partition coefficient (Wildman–Crippen LogP) is 1.65. The van der Waals surface area contributed by atoms with Crippen molar-refractivity contribution in [1.82, 2.24) is 4.98 Å². The number of aliphatic hydroxyl groups is 1. The monoisotopic (exact) mass is 195 g/mol. The Kier molecular flexibility index (Phi) is 3.47. The SMILES string of the molecule is COc1ccnc(CC(C)(C)CO)c1. The number of hydrogen-bond donors (Lipinski definition) is 1. The van der Waals surface area contributed by atoms with Crippen molar-refractivity contribution in [2.75, 3.05) is 13.7 Å². The number of aromatic nitrogens is 1. The standard InChI is InChI=1S/C11H17NO2/c1-11(2,8-13)7-9-6-10(14-3)4-5-12-9/h4-6,13H,7-8H2,1-3H3. The third kappa shape index (κ3) is 3.00. The molecular weight excluding hydrogens is 178 g/mol. The van der Waals surface area contributed by atoms with E-state index >= 15 is 0 Å². The fourth-order valence-corrected chi connectivity index (χ4v) is 1.23. The fourth-order valence-electron chi connectivity index (χ4n) is 1.23. The van der Waals surface area contributed by atoms with Crippen LogP contribution in [0.2, 0.25) is 0 Å². The molecule has 0 radical (unpaired) electrons. The van der Waals surface area contributed by atoms with Crippen molar-refractivity contribution in [2.24, 2.45) is 5.41 Å². The van der Waals surface area contributed by atoms with Gasteiger partial charge in [-0.1, -0.05) is 13.8 Å². The summed E-state index contributed by atoms with van der Waals surface area (Å²) in [6.45, 7) is 4.17. The molecule has 0 spiro atoms. The third-order valence-corrected chi connectivity index (χ3v) is 2.11. The third-order valence-electron chi connectivity index (χ3n) is 2.11. The summed E-state index contributed by atoms with van der Waals surface area (Å²) in [5, 5.41) is 9.12. The van der Waals surface area contributed by atoms with Gasteiger partial charge in [-0.05, 0) is 17.9 Å². The van der Waals surface area contributed by atoms with Crippen LogP contribution in [-0.4, -0.2) is 23.8 Å². The van der Waals surface area contributed by atoms with Crippen LogP contribution in [0.3, 0.4) is 0 Å². The molecule has 0 unspecified atom stereocenters. The molecule has 0 saturated heterocycles. The quantitative estimate of drug-likeness (QED) is 0.794. The minimum Gasteiger partial charge on any atom is -0.497 e. The zero-order chi connectivity index (χ0) is 10.6. The maximum atomic E-state index is 9.12. The molecule has 3 heteroatoms. The number of nitrogens with zero attached hydrogens (tertiary/aromatic N) is 1. The molecule has 14 heavy (non-hydrogen) atoms. The van der Waals surface area contributed by atoms with Crippen LogP contribution in [0.4, 0.5) is 0 Å². The lowest BCUT2D eigenvalue weighted by Crippen LogP contribution is -2.20. The summed E-state index contributed by atoms with van der Waals surface area (Å²) in [5.74, 6) is 0.809. The number of ether oxygens (including phenoxy) is 1. The highest BCUT2D eigenvalue weighted by Gasteiger charge is 2.17. The van der Waals surface area contributed by atoms with E-state index in [2.05, 4.69) is 4.98 Å². The molecule has 0 bridgehead atoms. The van der Waals surface area contributed by atoms with Crippen molar-refractivity contribution in [3.05, 3.63) is 24.0 Å². The molecule has 0 aliphatic rings. The van der Waals surface area contributed by atoms with Gasteiger partial charge in [0.1, 0.15) is 5.75 Å². The van der Waals surface area contributed by atoms with E-state index < -0.39 is 0 Å². The molecule has 0 atom stereocenters. The largest absolute Gasteiger partial charge is 0.497 e. The molecule has 0 amide bonds. The maximum absolute atomic E-state index is 9.12. The average Bonchev–Trinajstić information content (AvgIpc) is 2.17. The van der Waals surface area contributed by atoms with E-state index in [1.165, 1.54) is 0 Å². The van der Waals surface area contributed by atoms with Crippen LogP contribution < -0.4 is 4.74 Å². The Labute approximate surface area is 84.7 Å². The first-order chi connectivity index (χ1) is 6.57. The van der Waals surface area contributed by atoms with Crippen LogP contribution in [0.5, 0.6) is 5.75 Å². The summed E-state index contributed by atoms with van der Waals surface area (Å²) in [6, 6.07) is 3.72. The average molecular weight is 195 g/mol. The zero-order valence-electron chi connectivity index (χ0n) is 8.95. The molecule has 0 saturated carbocycles. The van der Waals surface area contributed by atoms with Gasteiger partial charge in [0.25, 0.3) is 0 Å². The topological polar surface area (TPSA) is 42.4 Å². The Hall–Kier alpha value is -1.09. The molecule has 1 aromatic rings. The molecular formula is C11H17NO2. The number of methoxy groups -OCH3 is 1. The van der Waals surface area contributed by atoms with Crippen LogP contribution in [0.1, 0.15) is 19.5 Å². The first-order valence-corrected chi connectivity index (χ1v) is 4.67. The van der Waals surface area contributed by atoms with E-state index in [1.54, 1.807) is 13.3 Å². The first-order valence-electron chi connectivity index (χ1n) is 4.67. The van der Waals surface area contributed by atoms with E-state index in [4.69, 9.17) is 9.84 Å². The van der Waals surface area contributed by atoms with Crippen LogP contribution in [0.25, 0.3) is 0 Å². The van der Waals surface area contributed by atoms with Crippen molar-refractivity contribution in [1.29, 1.82) is 0 Å². The Morgan fingerprint density at radius 1 is 1.50 bits per heavy atom. The molecule has 1 rings (SSSR count). The second-order valence-electron chi connectivity index (χ2n) is 4.19. The van der Waals surface area contributed by atoms with Crippen molar-refractivity contribution in [2.45, 2.75) is 20.3 Å². The van der Waals surface area contributed by atoms with Gasteiger partial charge in [0.05, 0.1) is 7.11 Å². The van der Waals surface area contributed by atoms with E-state index in [9.17, 15) is 0 Å². The van der Waals surface area contributed by atoms with Gasteiger partial charge in [0.15, 0.2) is 0 Å². The number of hydrogen-bond acceptors (Lipinski definition) is 3. The van der Waals surface area contributed by atoms with Crippen LogP contribution in [0.15, 0.2) is 18.3 Å². The van der Waals surface area contributed by atoms with Gasteiger partial charge >= 0.3 is 0 Å². The highest BCUT2D eigenvalue weighted by molar-refractivity contribution is 5.23. The lowest BCUT2D eigenvalue weighted by Gasteiger charge is -2.20. The molecule has 1 N–H and O–H groups in total. The van der Waals surface area contributed by atoms with Gasteiger partial charge in [-0.3, -0.25) is 4.98 Å². The lowest BCUT2D eigenvalue weighted by atomic mass is 9.89. The van der Waals surface area contributed by atoms with Crippen molar-refractivity contribution >= 4 is 0 Å². The molecule has 1 aromatic heterocycles. The summed E-state index contributed by atoms with van der Waals surface area (Å²) in [7, 11) is 1.64. The van der Waals surface area contributed by atoms with E-state index in [0.29, 0.717) is 0 Å². The predicted molar refractivity (Wildman–Crippen MR) is 55.4 cm³/mol. The van der Waals surface area contributed by atoms with Gasteiger partial charge in [0, 0.05) is 24.6 Å². The van der Waals surface area contributed by atoms with E-state index in [-0.39, 0.29) is 12.0 Å². The van der Waals surface area contributed by atoms with Gasteiger partial charge in [-0.15, -0.1) is 0 Å². The summed E-state index contributed by atoms with van der Waals surface area (Å²) in [6.07, 6.45) is 2.47. The minimum absolute atomic E-state index is 0.126. The highest BCUT2D eigenvalue weighted by Crippen LogP contribution is 2.21. The number of rotatable bonds is 4. The van der Waals surface area contributed by atoms with E-state index in [1.807, 2.05) is 26.0 Å². The molecule has 0 fully saturated rings. The second kappa shape index (κ2) is 4.42. The Bertz CT molecular complexity index is 297. The fraction of sp³-hybridized carbons (Fsp3) is 0.545. The summed E-state index contributed by atoms with van der Waals surface area (Å²) in [4.78, 5) is 4.23. The molecule has 0 aliphatic carbocycles. The molecule has 3 nitrogen and oxygen atoms in total. The Morgan fingerprint density at radius 2 is 2.21 bits per heavy atom. The summed E-state index contributed by atoms with van der Waals surface area (Å²) < 4.78 is 5.10. The molecule has 0 aliphatic heterocycles. The van der Waals surface area contributed by atoms with Gasteiger partial charge < -0.3 is 9.84 Å². The smallest absolute Gasteiger partial charge is 0.122 e. The second-order valence-corrected chi connectivity index (χ2v) is 4.19. The van der Waals surface area contributed by atoms with Gasteiger partial charge in [-0.25, -0.2) is 0 Å². The van der Waals surface area contributed by atoms with Crippen molar-refractivity contribution in [3.8, 4) is 5.75 Å². The first kappa shape index (κ1) is 11.0. The summed E-state index contributed by atoms with van der Waals surface area (Å²) in [5.41, 5.74) is 0.822. The normalized spacial score (nSPS) is 11.4. The lowest BCUT2D eigenvalue weighted by molar-refractivity contribution is 0.158. The Morgan fingerprint density at radius 3 is 2.79 bits per heavy atom. The van der Waals surface area contributed by atoms with Gasteiger partial charge in [-0.2, -0.15) is 0 Å². The van der Waals surface area contributed by atoms with Crippen molar-refractivity contribution in [3.63, 3.8) is 0 Å². The van der Waals surface area contributed by atoms with E-state index in [0.717, 1.165) is 17.9 Å². The van der Waals surface area contributed by atoms with Crippen LogP contribution in [0, 0.1) is 5.41 Å². The summed E-state index contributed by atoms with van der Waals surface area (Å²) >= 11 is 0. The highest BCUT2D eigenvalue weighted by atomic mass is 16.5. The maximum Gasteiger partial charge on any atom is 0.122 e. The Balaban J connectivity index is 2.76. The van der Waals surface area contributed by atoms with Crippen LogP contribution in [-0.2, 0) is 6.42 Å². The van der Waals surface area contributed by atoms with Gasteiger partial charge in [0.2, 0.25) is 0 Å². The van der Waals surface area contributed by atoms with Crippen molar-refractivity contribution < 1.29 is 9.84 Å². The number of aliphatic hydroxyl groups excluding tert-OH is 1.